The van der Waals surface area contributed by atoms with Crippen molar-refractivity contribution >= 4 is 5.69 Å². The highest BCUT2D eigenvalue weighted by molar-refractivity contribution is 5.56. The third kappa shape index (κ3) is 3.08. The molecule has 21 heavy (non-hydrogen) atoms. The smallest absolute Gasteiger partial charge is 0.129 e. The first-order chi connectivity index (χ1) is 10.3. The zero-order chi connectivity index (χ0) is 14.7. The summed E-state index contributed by atoms with van der Waals surface area (Å²) in [4.78, 5) is 2.50. The zero-order valence-corrected chi connectivity index (χ0v) is 13.1. The Morgan fingerprint density at radius 2 is 2.10 bits per heavy atom. The molecule has 0 bridgehead atoms. The minimum absolute atomic E-state index is 0.0598. The lowest BCUT2D eigenvalue weighted by atomic mass is 9.85. The van der Waals surface area contributed by atoms with E-state index in [0.717, 1.165) is 36.7 Å². The predicted octanol–water partition coefficient (Wildman–Crippen LogP) is 4.09. The molecule has 1 saturated carbocycles. The van der Waals surface area contributed by atoms with Crippen molar-refractivity contribution in [1.82, 2.24) is 5.32 Å². The summed E-state index contributed by atoms with van der Waals surface area (Å²) >= 11 is 0. The zero-order valence-electron chi connectivity index (χ0n) is 13.1. The molecule has 3 rings (SSSR count). The molecule has 1 N–H and O–H groups in total. The largest absolute Gasteiger partial charge is 0.368 e. The van der Waals surface area contributed by atoms with Crippen molar-refractivity contribution in [1.29, 1.82) is 0 Å². The third-order valence-corrected chi connectivity index (χ3v) is 5.14. The van der Waals surface area contributed by atoms with Crippen LogP contribution in [0.25, 0.3) is 0 Å². The van der Waals surface area contributed by atoms with Crippen LogP contribution >= 0.6 is 0 Å². The van der Waals surface area contributed by atoms with Gasteiger partial charge in [0.25, 0.3) is 0 Å². The number of fused-ring (bicyclic) bond motifs is 1. The first kappa shape index (κ1) is 14.8. The summed E-state index contributed by atoms with van der Waals surface area (Å²) < 4.78 is 14.3. The summed E-state index contributed by atoms with van der Waals surface area (Å²) in [6, 6.07) is 6.22. The Bertz CT molecular complexity index is 474. The van der Waals surface area contributed by atoms with Gasteiger partial charge in [0.05, 0.1) is 0 Å². The maximum absolute atomic E-state index is 14.3. The minimum Gasteiger partial charge on any atom is -0.368 e. The number of anilines is 1. The van der Waals surface area contributed by atoms with Crippen molar-refractivity contribution in [2.24, 2.45) is 5.92 Å². The molecular weight excluding hydrogens is 263 g/mol. The summed E-state index contributed by atoms with van der Waals surface area (Å²) in [6.07, 6.45) is 7.71. The topological polar surface area (TPSA) is 15.3 Å². The SMILES string of the molecule is CCCNCc1c(F)cccc1N1CCC2CCCCC21. The molecule has 1 aliphatic heterocycles. The quantitative estimate of drug-likeness (QED) is 0.822. The summed E-state index contributed by atoms with van der Waals surface area (Å²) in [6.45, 7) is 4.82. The van der Waals surface area contributed by atoms with Crippen molar-refractivity contribution < 1.29 is 4.39 Å². The van der Waals surface area contributed by atoms with E-state index in [1.807, 2.05) is 6.07 Å². The maximum atomic E-state index is 14.3. The number of hydrogen-bond donors (Lipinski definition) is 1. The van der Waals surface area contributed by atoms with Gasteiger partial charge in [-0.05, 0) is 50.3 Å². The van der Waals surface area contributed by atoms with E-state index in [2.05, 4.69) is 23.2 Å². The lowest BCUT2D eigenvalue weighted by Gasteiger charge is -2.34. The molecule has 2 fully saturated rings. The van der Waals surface area contributed by atoms with E-state index in [-0.39, 0.29) is 5.82 Å². The van der Waals surface area contributed by atoms with Gasteiger partial charge in [-0.3, -0.25) is 0 Å². The highest BCUT2D eigenvalue weighted by Crippen LogP contribution is 2.40. The number of rotatable bonds is 5. The van der Waals surface area contributed by atoms with Gasteiger partial charge in [0.2, 0.25) is 0 Å². The molecule has 2 atom stereocenters. The summed E-state index contributed by atoms with van der Waals surface area (Å²) in [5.41, 5.74) is 1.99. The van der Waals surface area contributed by atoms with E-state index in [1.165, 1.54) is 32.1 Å². The predicted molar refractivity (Wildman–Crippen MR) is 86.1 cm³/mol. The van der Waals surface area contributed by atoms with Gasteiger partial charge in [0.15, 0.2) is 0 Å². The van der Waals surface area contributed by atoms with Crippen LogP contribution in [0.2, 0.25) is 0 Å². The molecule has 1 aromatic carbocycles. The van der Waals surface area contributed by atoms with Crippen LogP contribution in [0.15, 0.2) is 18.2 Å². The molecule has 0 radical (unpaired) electrons. The van der Waals surface area contributed by atoms with Crippen molar-refractivity contribution in [3.8, 4) is 0 Å². The van der Waals surface area contributed by atoms with Gasteiger partial charge in [-0.2, -0.15) is 0 Å². The van der Waals surface area contributed by atoms with Gasteiger partial charge in [-0.15, -0.1) is 0 Å². The first-order valence-corrected chi connectivity index (χ1v) is 8.56. The lowest BCUT2D eigenvalue weighted by Crippen LogP contribution is -2.35. The van der Waals surface area contributed by atoms with Crippen LogP contribution in [0, 0.1) is 11.7 Å². The van der Waals surface area contributed by atoms with Gasteiger partial charge in [-0.25, -0.2) is 4.39 Å². The Kier molecular flexibility index (Phi) is 4.79. The Labute approximate surface area is 127 Å². The normalized spacial score (nSPS) is 25.1. The fourth-order valence-electron chi connectivity index (χ4n) is 4.09. The molecule has 1 aromatic rings. The second kappa shape index (κ2) is 6.78. The molecule has 2 aliphatic rings. The third-order valence-electron chi connectivity index (χ3n) is 5.14. The molecule has 1 aliphatic carbocycles. The fraction of sp³-hybridized carbons (Fsp3) is 0.667. The van der Waals surface area contributed by atoms with E-state index in [9.17, 15) is 4.39 Å². The van der Waals surface area contributed by atoms with Gasteiger partial charge < -0.3 is 10.2 Å². The first-order valence-electron chi connectivity index (χ1n) is 8.56. The molecule has 1 heterocycles. The molecule has 2 unspecified atom stereocenters. The maximum Gasteiger partial charge on any atom is 0.129 e. The number of hydrogen-bond acceptors (Lipinski definition) is 2. The highest BCUT2D eigenvalue weighted by Gasteiger charge is 2.36. The standard InChI is InChI=1S/C18H27FN2/c1-2-11-20-13-15-16(19)7-5-9-18(15)21-12-10-14-6-3-4-8-17(14)21/h5,7,9,14,17,20H,2-4,6,8,10-13H2,1H3. The molecule has 0 amide bonds. The molecule has 2 nitrogen and oxygen atoms in total. The molecule has 3 heteroatoms. The van der Waals surface area contributed by atoms with Crippen LogP contribution in [-0.4, -0.2) is 19.1 Å². The van der Waals surface area contributed by atoms with Crippen molar-refractivity contribution in [3.63, 3.8) is 0 Å². The average Bonchev–Trinajstić information content (AvgIpc) is 2.93. The van der Waals surface area contributed by atoms with Gasteiger partial charge >= 0.3 is 0 Å². The number of nitrogens with one attached hydrogen (secondary N) is 1. The number of halogens is 1. The van der Waals surface area contributed by atoms with Crippen molar-refractivity contribution in [2.45, 2.75) is 58.0 Å². The van der Waals surface area contributed by atoms with Crippen LogP contribution < -0.4 is 10.2 Å². The summed E-state index contributed by atoms with van der Waals surface area (Å²) in [7, 11) is 0. The second-order valence-electron chi connectivity index (χ2n) is 6.51. The lowest BCUT2D eigenvalue weighted by molar-refractivity contribution is 0.342. The number of nitrogens with zero attached hydrogens (tertiary/aromatic N) is 1. The molecule has 0 aromatic heterocycles. The van der Waals surface area contributed by atoms with Crippen LogP contribution in [0.3, 0.4) is 0 Å². The highest BCUT2D eigenvalue weighted by atomic mass is 19.1. The monoisotopic (exact) mass is 290 g/mol. The van der Waals surface area contributed by atoms with Crippen LogP contribution in [0.1, 0.15) is 51.0 Å². The van der Waals surface area contributed by atoms with Crippen LogP contribution in [-0.2, 0) is 6.54 Å². The fourth-order valence-corrected chi connectivity index (χ4v) is 4.09. The van der Waals surface area contributed by atoms with Crippen LogP contribution in [0.4, 0.5) is 10.1 Å². The average molecular weight is 290 g/mol. The van der Waals surface area contributed by atoms with Crippen molar-refractivity contribution in [3.05, 3.63) is 29.6 Å². The second-order valence-corrected chi connectivity index (χ2v) is 6.51. The van der Waals surface area contributed by atoms with Crippen molar-refractivity contribution in [2.75, 3.05) is 18.0 Å². The summed E-state index contributed by atoms with van der Waals surface area (Å²) in [5.74, 6) is 0.772. The Balaban J connectivity index is 1.82. The van der Waals surface area contributed by atoms with E-state index in [1.54, 1.807) is 6.07 Å². The minimum atomic E-state index is -0.0598. The van der Waals surface area contributed by atoms with Crippen LogP contribution in [0.5, 0.6) is 0 Å². The molecule has 116 valence electrons. The Morgan fingerprint density at radius 1 is 1.24 bits per heavy atom. The number of benzene rings is 1. The Morgan fingerprint density at radius 3 is 2.95 bits per heavy atom. The van der Waals surface area contributed by atoms with Gasteiger partial charge in [-0.1, -0.05) is 25.8 Å². The molecule has 0 spiro atoms. The van der Waals surface area contributed by atoms with Gasteiger partial charge in [0.1, 0.15) is 5.82 Å². The van der Waals surface area contributed by atoms with E-state index in [4.69, 9.17) is 0 Å². The molecule has 1 saturated heterocycles. The van der Waals surface area contributed by atoms with Gasteiger partial charge in [0, 0.05) is 30.4 Å². The van der Waals surface area contributed by atoms with E-state index in [0.29, 0.717) is 12.6 Å². The molecular formula is C18H27FN2. The summed E-state index contributed by atoms with van der Waals surface area (Å²) in [5, 5.41) is 3.36. The van der Waals surface area contributed by atoms with E-state index < -0.39 is 0 Å². The Hall–Kier alpha value is -1.09. The van der Waals surface area contributed by atoms with E-state index >= 15 is 0 Å².